The molecular weight excluding hydrogens is 422 g/mol. The van der Waals surface area contributed by atoms with Crippen molar-refractivity contribution in [3.63, 3.8) is 0 Å². The fourth-order valence-electron chi connectivity index (χ4n) is 3.44. The Labute approximate surface area is 180 Å². The van der Waals surface area contributed by atoms with E-state index in [1.54, 1.807) is 0 Å². The highest BCUT2D eigenvalue weighted by molar-refractivity contribution is 9.10. The van der Waals surface area contributed by atoms with Crippen molar-refractivity contribution in [3.8, 4) is 0 Å². The first-order chi connectivity index (χ1) is 14.0. The normalized spacial score (nSPS) is 15.3. The summed E-state index contributed by atoms with van der Waals surface area (Å²) in [5, 5.41) is 0. The molecule has 3 heteroatoms. The van der Waals surface area contributed by atoms with Gasteiger partial charge in [0.15, 0.2) is 0 Å². The first-order valence-corrected chi connectivity index (χ1v) is 10.5. The highest BCUT2D eigenvalue weighted by atomic mass is 79.9. The van der Waals surface area contributed by atoms with Gasteiger partial charge in [-0.3, -0.25) is 9.69 Å². The van der Waals surface area contributed by atoms with E-state index in [2.05, 4.69) is 41.9 Å². The van der Waals surface area contributed by atoms with Gasteiger partial charge >= 0.3 is 0 Å². The van der Waals surface area contributed by atoms with Crippen LogP contribution >= 0.6 is 15.9 Å². The molecule has 0 bridgehead atoms. The molecule has 0 saturated carbocycles. The van der Waals surface area contributed by atoms with E-state index in [4.69, 9.17) is 0 Å². The maximum absolute atomic E-state index is 13.4. The summed E-state index contributed by atoms with van der Waals surface area (Å²) < 4.78 is 1.02. The second-order valence-electron chi connectivity index (χ2n) is 7.43. The van der Waals surface area contributed by atoms with Crippen molar-refractivity contribution in [3.05, 3.63) is 112 Å². The topological polar surface area (TPSA) is 20.3 Å². The minimum atomic E-state index is -0.0101. The predicted octanol–water partition coefficient (Wildman–Crippen LogP) is 7.04. The Kier molecular flexibility index (Phi) is 5.50. The summed E-state index contributed by atoms with van der Waals surface area (Å²) in [5.74, 6) is 0.444. The quantitative estimate of drug-likeness (QED) is 0.395. The minimum Gasteiger partial charge on any atom is -0.276 e. The van der Waals surface area contributed by atoms with Crippen molar-refractivity contribution in [2.75, 3.05) is 4.90 Å². The first kappa shape index (κ1) is 19.4. The van der Waals surface area contributed by atoms with Gasteiger partial charge < -0.3 is 0 Å². The van der Waals surface area contributed by atoms with Crippen LogP contribution < -0.4 is 4.90 Å². The maximum atomic E-state index is 13.4. The van der Waals surface area contributed by atoms with E-state index in [9.17, 15) is 4.79 Å². The van der Waals surface area contributed by atoms with E-state index >= 15 is 0 Å². The molecule has 0 radical (unpaired) electrons. The second kappa shape index (κ2) is 8.22. The zero-order chi connectivity index (χ0) is 20.4. The van der Waals surface area contributed by atoms with Crippen molar-refractivity contribution in [1.29, 1.82) is 0 Å². The fraction of sp³-hybridized carbons (Fsp3) is 0.115. The number of anilines is 1. The smallest absolute Gasteiger partial charge is 0.262 e. The lowest BCUT2D eigenvalue weighted by atomic mass is 10.0. The van der Waals surface area contributed by atoms with Crippen LogP contribution in [0.2, 0.25) is 0 Å². The van der Waals surface area contributed by atoms with Gasteiger partial charge in [0.05, 0.1) is 5.70 Å². The molecule has 1 heterocycles. The second-order valence-corrected chi connectivity index (χ2v) is 8.35. The summed E-state index contributed by atoms with van der Waals surface area (Å²) in [6.07, 6.45) is 3.93. The Balaban J connectivity index is 1.78. The Hall–Kier alpha value is -2.91. The molecule has 144 valence electrons. The van der Waals surface area contributed by atoms with E-state index in [1.807, 2.05) is 83.8 Å². The van der Waals surface area contributed by atoms with E-state index < -0.39 is 0 Å². The zero-order valence-electron chi connectivity index (χ0n) is 16.5. The number of nitrogens with zero attached hydrogens (tertiary/aromatic N) is 1. The molecule has 0 unspecified atom stereocenters. The third-order valence-corrected chi connectivity index (χ3v) is 5.59. The van der Waals surface area contributed by atoms with Crippen LogP contribution in [-0.2, 0) is 4.79 Å². The third kappa shape index (κ3) is 4.10. The lowest BCUT2D eigenvalue weighted by molar-refractivity contribution is -0.113. The van der Waals surface area contributed by atoms with Crippen molar-refractivity contribution in [2.45, 2.75) is 19.8 Å². The molecule has 4 rings (SSSR count). The standard InChI is InChI=1S/C26H22BrNO/c1-18(2)20-10-14-24(15-11-20)28-25(21-6-4-3-5-7-21)17-22(26(28)29)16-19-8-12-23(27)13-9-19/h3-18H,1-2H3/b22-16+. The van der Waals surface area contributed by atoms with Gasteiger partial charge in [-0.1, -0.05) is 84.4 Å². The van der Waals surface area contributed by atoms with E-state index in [1.165, 1.54) is 5.56 Å². The average Bonchev–Trinajstić information content (AvgIpc) is 3.06. The zero-order valence-corrected chi connectivity index (χ0v) is 18.1. The van der Waals surface area contributed by atoms with Crippen molar-refractivity contribution in [2.24, 2.45) is 0 Å². The maximum Gasteiger partial charge on any atom is 0.262 e. The molecule has 1 amide bonds. The molecule has 29 heavy (non-hydrogen) atoms. The lowest BCUT2D eigenvalue weighted by Crippen LogP contribution is -2.24. The summed E-state index contributed by atoms with van der Waals surface area (Å²) in [6, 6.07) is 26.3. The highest BCUT2D eigenvalue weighted by Gasteiger charge is 2.30. The van der Waals surface area contributed by atoms with Crippen LogP contribution in [0.25, 0.3) is 11.8 Å². The molecular formula is C26H22BrNO. The molecule has 0 fully saturated rings. The molecule has 0 atom stereocenters. The average molecular weight is 444 g/mol. The molecule has 1 aliphatic rings. The Morgan fingerprint density at radius 2 is 1.52 bits per heavy atom. The van der Waals surface area contributed by atoms with Gasteiger partial charge in [0.2, 0.25) is 0 Å². The predicted molar refractivity (Wildman–Crippen MR) is 125 cm³/mol. The number of hydrogen-bond donors (Lipinski definition) is 0. The number of benzene rings is 3. The number of rotatable bonds is 4. The number of carbonyl (C=O) groups excluding carboxylic acids is 1. The lowest BCUT2D eigenvalue weighted by Gasteiger charge is -2.21. The highest BCUT2D eigenvalue weighted by Crippen LogP contribution is 2.35. The Morgan fingerprint density at radius 1 is 0.862 bits per heavy atom. The van der Waals surface area contributed by atoms with Crippen LogP contribution in [0.15, 0.2) is 95.0 Å². The summed E-state index contributed by atoms with van der Waals surface area (Å²) in [6.45, 7) is 4.34. The molecule has 0 aromatic heterocycles. The van der Waals surface area contributed by atoms with Gasteiger partial charge in [-0.2, -0.15) is 0 Å². The molecule has 2 nitrogen and oxygen atoms in total. The molecule has 3 aromatic carbocycles. The fourth-order valence-corrected chi connectivity index (χ4v) is 3.70. The van der Waals surface area contributed by atoms with Gasteiger partial charge in [0.25, 0.3) is 5.91 Å². The van der Waals surface area contributed by atoms with Crippen LogP contribution in [0.4, 0.5) is 5.69 Å². The Bertz CT molecular complexity index is 1080. The monoisotopic (exact) mass is 443 g/mol. The van der Waals surface area contributed by atoms with Gasteiger partial charge in [0.1, 0.15) is 0 Å². The van der Waals surface area contributed by atoms with Crippen molar-refractivity contribution in [1.82, 2.24) is 0 Å². The van der Waals surface area contributed by atoms with Crippen molar-refractivity contribution >= 4 is 39.3 Å². The third-order valence-electron chi connectivity index (χ3n) is 5.06. The molecule has 0 N–H and O–H groups in total. The molecule has 0 spiro atoms. The van der Waals surface area contributed by atoms with E-state index in [-0.39, 0.29) is 5.91 Å². The van der Waals surface area contributed by atoms with Crippen LogP contribution in [0.1, 0.15) is 36.5 Å². The summed E-state index contributed by atoms with van der Waals surface area (Å²) in [7, 11) is 0. The molecule has 3 aromatic rings. The first-order valence-electron chi connectivity index (χ1n) is 9.72. The Morgan fingerprint density at radius 3 is 2.14 bits per heavy atom. The van der Waals surface area contributed by atoms with Crippen LogP contribution in [0, 0.1) is 0 Å². The van der Waals surface area contributed by atoms with Gasteiger partial charge in [0, 0.05) is 15.7 Å². The summed E-state index contributed by atoms with van der Waals surface area (Å²) >= 11 is 3.46. The van der Waals surface area contributed by atoms with Gasteiger partial charge in [-0.15, -0.1) is 0 Å². The molecule has 1 aliphatic heterocycles. The van der Waals surface area contributed by atoms with Gasteiger partial charge in [-0.05, 0) is 59.0 Å². The van der Waals surface area contributed by atoms with Crippen LogP contribution in [-0.4, -0.2) is 5.91 Å². The SMILES string of the molecule is CC(C)c1ccc(N2C(=O)/C(=C/c3ccc(Br)cc3)C=C2c2ccccc2)cc1. The summed E-state index contributed by atoms with van der Waals surface area (Å²) in [5.41, 5.74) is 5.74. The van der Waals surface area contributed by atoms with Crippen LogP contribution in [0.3, 0.4) is 0 Å². The number of carbonyl (C=O) groups is 1. The molecule has 0 saturated heterocycles. The number of hydrogen-bond acceptors (Lipinski definition) is 1. The van der Waals surface area contributed by atoms with Gasteiger partial charge in [-0.25, -0.2) is 0 Å². The minimum absolute atomic E-state index is 0.0101. The van der Waals surface area contributed by atoms with E-state index in [0.717, 1.165) is 27.0 Å². The van der Waals surface area contributed by atoms with E-state index in [0.29, 0.717) is 11.5 Å². The summed E-state index contributed by atoms with van der Waals surface area (Å²) in [4.78, 5) is 15.2. The molecule has 0 aliphatic carbocycles. The number of halogens is 1. The van der Waals surface area contributed by atoms with Crippen molar-refractivity contribution < 1.29 is 4.79 Å². The number of amides is 1. The van der Waals surface area contributed by atoms with Crippen LogP contribution in [0.5, 0.6) is 0 Å². The largest absolute Gasteiger partial charge is 0.276 e.